The van der Waals surface area contributed by atoms with E-state index in [1.807, 2.05) is 6.07 Å². The van der Waals surface area contributed by atoms with Crippen LogP contribution in [0.25, 0.3) is 0 Å². The molecule has 0 saturated carbocycles. The molecule has 21 heavy (non-hydrogen) atoms. The van der Waals surface area contributed by atoms with Gasteiger partial charge < -0.3 is 5.73 Å². The van der Waals surface area contributed by atoms with Crippen LogP contribution in [0.1, 0.15) is 16.7 Å². The van der Waals surface area contributed by atoms with Crippen LogP contribution in [0.2, 0.25) is 0 Å². The summed E-state index contributed by atoms with van der Waals surface area (Å²) < 4.78 is 14.0. The van der Waals surface area contributed by atoms with Gasteiger partial charge in [-0.15, -0.1) is 0 Å². The van der Waals surface area contributed by atoms with Gasteiger partial charge in [-0.1, -0.05) is 46.3 Å². The third-order valence-corrected chi connectivity index (χ3v) is 4.86. The highest BCUT2D eigenvalue weighted by Gasteiger charge is 2.25. The zero-order valence-electron chi connectivity index (χ0n) is 11.7. The number of nitrogens with zero attached hydrogens (tertiary/aromatic N) is 1. The molecule has 0 bridgehead atoms. The largest absolute Gasteiger partial charge is 0.329 e. The van der Waals surface area contributed by atoms with Crippen molar-refractivity contribution in [3.8, 4) is 0 Å². The van der Waals surface area contributed by atoms with E-state index in [0.717, 1.165) is 29.5 Å². The van der Waals surface area contributed by atoms with Crippen LogP contribution < -0.4 is 5.73 Å². The smallest absolute Gasteiger partial charge is 0.124 e. The lowest BCUT2D eigenvalue weighted by molar-refractivity contribution is 0.166. The van der Waals surface area contributed by atoms with E-state index >= 15 is 0 Å². The van der Waals surface area contributed by atoms with Gasteiger partial charge in [-0.05, 0) is 35.2 Å². The Kier molecular flexibility index (Phi) is 4.38. The molecule has 2 N–H and O–H groups in total. The minimum atomic E-state index is -0.218. The lowest BCUT2D eigenvalue weighted by Crippen LogP contribution is -2.44. The SMILES string of the molecule is NCC1Cc2ccccc2CN1Cc1ccc(F)cc1Br. The van der Waals surface area contributed by atoms with E-state index in [9.17, 15) is 4.39 Å². The van der Waals surface area contributed by atoms with E-state index in [2.05, 4.69) is 45.1 Å². The van der Waals surface area contributed by atoms with Crippen molar-refractivity contribution in [2.45, 2.75) is 25.6 Å². The Morgan fingerprint density at radius 3 is 2.67 bits per heavy atom. The second-order valence-corrected chi connectivity index (χ2v) is 6.36. The maximum atomic E-state index is 13.2. The van der Waals surface area contributed by atoms with Crippen molar-refractivity contribution in [2.75, 3.05) is 6.54 Å². The Bertz CT molecular complexity index is 644. The molecule has 0 saturated heterocycles. The maximum absolute atomic E-state index is 13.2. The minimum Gasteiger partial charge on any atom is -0.329 e. The summed E-state index contributed by atoms with van der Waals surface area (Å²) in [5, 5.41) is 0. The molecule has 0 aromatic heterocycles. The number of hydrogen-bond donors (Lipinski definition) is 1. The standard InChI is InChI=1S/C17H18BrFN2/c18-17-8-15(19)6-5-14(17)11-21-10-13-4-2-1-3-12(13)7-16(21)9-20/h1-6,8,16H,7,9-11,20H2. The van der Waals surface area contributed by atoms with Crippen molar-refractivity contribution in [2.24, 2.45) is 5.73 Å². The molecule has 0 amide bonds. The number of fused-ring (bicyclic) bond motifs is 1. The van der Waals surface area contributed by atoms with Gasteiger partial charge in [0.1, 0.15) is 5.82 Å². The van der Waals surface area contributed by atoms with Gasteiger partial charge in [0.05, 0.1) is 0 Å². The molecule has 2 aromatic carbocycles. The fourth-order valence-corrected chi connectivity index (χ4v) is 3.40. The fraction of sp³-hybridized carbons (Fsp3) is 0.294. The van der Waals surface area contributed by atoms with Crippen molar-refractivity contribution >= 4 is 15.9 Å². The summed E-state index contributed by atoms with van der Waals surface area (Å²) in [4.78, 5) is 2.38. The minimum absolute atomic E-state index is 0.218. The summed E-state index contributed by atoms with van der Waals surface area (Å²) >= 11 is 3.45. The average molecular weight is 349 g/mol. The first-order chi connectivity index (χ1) is 10.2. The van der Waals surface area contributed by atoms with E-state index in [-0.39, 0.29) is 5.82 Å². The van der Waals surface area contributed by atoms with Gasteiger partial charge in [0.15, 0.2) is 0 Å². The van der Waals surface area contributed by atoms with Crippen LogP contribution in [0.5, 0.6) is 0 Å². The molecule has 1 aliphatic heterocycles. The van der Waals surface area contributed by atoms with Crippen LogP contribution in [0.15, 0.2) is 46.9 Å². The summed E-state index contributed by atoms with van der Waals surface area (Å²) in [7, 11) is 0. The number of benzene rings is 2. The number of halogens is 2. The lowest BCUT2D eigenvalue weighted by Gasteiger charge is -2.36. The Balaban J connectivity index is 1.84. The van der Waals surface area contributed by atoms with Crippen LogP contribution in [0, 0.1) is 5.82 Å². The molecule has 0 aliphatic carbocycles. The molecule has 3 rings (SSSR count). The van der Waals surface area contributed by atoms with Gasteiger partial charge in [-0.3, -0.25) is 4.90 Å². The molecule has 0 fully saturated rings. The molecule has 1 aliphatic rings. The van der Waals surface area contributed by atoms with Crippen molar-refractivity contribution < 1.29 is 4.39 Å². The van der Waals surface area contributed by atoms with E-state index in [1.54, 1.807) is 0 Å². The maximum Gasteiger partial charge on any atom is 0.124 e. The highest BCUT2D eigenvalue weighted by atomic mass is 79.9. The predicted molar refractivity (Wildman–Crippen MR) is 86.3 cm³/mol. The van der Waals surface area contributed by atoms with Crippen LogP contribution in [-0.2, 0) is 19.5 Å². The van der Waals surface area contributed by atoms with Crippen molar-refractivity contribution in [1.29, 1.82) is 0 Å². The van der Waals surface area contributed by atoms with Crippen molar-refractivity contribution in [3.05, 3.63) is 69.4 Å². The van der Waals surface area contributed by atoms with Gasteiger partial charge in [0, 0.05) is 30.1 Å². The number of rotatable bonds is 3. The van der Waals surface area contributed by atoms with E-state index < -0.39 is 0 Å². The molecule has 110 valence electrons. The molecular weight excluding hydrogens is 331 g/mol. The van der Waals surface area contributed by atoms with Gasteiger partial charge >= 0.3 is 0 Å². The molecule has 0 spiro atoms. The number of hydrogen-bond acceptors (Lipinski definition) is 2. The van der Waals surface area contributed by atoms with E-state index in [4.69, 9.17) is 5.73 Å². The van der Waals surface area contributed by atoms with Crippen LogP contribution in [0.4, 0.5) is 4.39 Å². The Hall–Kier alpha value is -1.23. The average Bonchev–Trinajstić information content (AvgIpc) is 2.49. The quantitative estimate of drug-likeness (QED) is 0.919. The first-order valence-corrected chi connectivity index (χ1v) is 7.91. The normalized spacial score (nSPS) is 18.5. The molecule has 4 heteroatoms. The summed E-state index contributed by atoms with van der Waals surface area (Å²) in [6.07, 6.45) is 0.978. The summed E-state index contributed by atoms with van der Waals surface area (Å²) in [5.41, 5.74) is 9.80. The van der Waals surface area contributed by atoms with E-state index in [1.165, 1.54) is 23.3 Å². The second-order valence-electron chi connectivity index (χ2n) is 5.50. The topological polar surface area (TPSA) is 29.3 Å². The summed E-state index contributed by atoms with van der Waals surface area (Å²) in [6, 6.07) is 13.7. The Morgan fingerprint density at radius 2 is 1.95 bits per heavy atom. The molecular formula is C17H18BrFN2. The van der Waals surface area contributed by atoms with Gasteiger partial charge in [-0.25, -0.2) is 4.39 Å². The monoisotopic (exact) mass is 348 g/mol. The highest BCUT2D eigenvalue weighted by molar-refractivity contribution is 9.10. The third kappa shape index (κ3) is 3.18. The molecule has 2 nitrogen and oxygen atoms in total. The van der Waals surface area contributed by atoms with Gasteiger partial charge in [0.2, 0.25) is 0 Å². The van der Waals surface area contributed by atoms with Gasteiger partial charge in [-0.2, -0.15) is 0 Å². The zero-order valence-corrected chi connectivity index (χ0v) is 13.3. The predicted octanol–water partition coefficient (Wildman–Crippen LogP) is 3.47. The Morgan fingerprint density at radius 1 is 1.19 bits per heavy atom. The Labute approximate surface area is 132 Å². The van der Waals surface area contributed by atoms with Crippen LogP contribution in [-0.4, -0.2) is 17.5 Å². The second kappa shape index (κ2) is 6.26. The van der Waals surface area contributed by atoms with Crippen molar-refractivity contribution in [1.82, 2.24) is 4.90 Å². The third-order valence-electron chi connectivity index (χ3n) is 4.12. The first-order valence-electron chi connectivity index (χ1n) is 7.12. The molecule has 1 heterocycles. The van der Waals surface area contributed by atoms with Crippen LogP contribution in [0.3, 0.4) is 0 Å². The lowest BCUT2D eigenvalue weighted by atomic mass is 9.93. The van der Waals surface area contributed by atoms with E-state index in [0.29, 0.717) is 12.6 Å². The number of nitrogens with two attached hydrogens (primary N) is 1. The fourth-order valence-electron chi connectivity index (χ4n) is 2.93. The zero-order chi connectivity index (χ0) is 14.8. The summed E-state index contributed by atoms with van der Waals surface area (Å²) in [6.45, 7) is 2.30. The van der Waals surface area contributed by atoms with Crippen LogP contribution >= 0.6 is 15.9 Å². The summed E-state index contributed by atoms with van der Waals surface area (Å²) in [5.74, 6) is -0.218. The molecule has 2 aromatic rings. The van der Waals surface area contributed by atoms with Crippen molar-refractivity contribution in [3.63, 3.8) is 0 Å². The molecule has 0 radical (unpaired) electrons. The van der Waals surface area contributed by atoms with Gasteiger partial charge in [0.25, 0.3) is 0 Å². The molecule has 1 unspecified atom stereocenters. The highest BCUT2D eigenvalue weighted by Crippen LogP contribution is 2.27. The molecule has 1 atom stereocenters. The first kappa shape index (κ1) is 14.7.